The van der Waals surface area contributed by atoms with Crippen LogP contribution in [0.25, 0.3) is 11.6 Å². The third-order valence-electron chi connectivity index (χ3n) is 4.99. The summed E-state index contributed by atoms with van der Waals surface area (Å²) in [4.78, 5) is 16.6. The molecule has 2 N–H and O–H groups in total. The first-order chi connectivity index (χ1) is 15.9. The van der Waals surface area contributed by atoms with Crippen molar-refractivity contribution in [3.8, 4) is 17.2 Å². The quantitative estimate of drug-likeness (QED) is 0.469. The van der Waals surface area contributed by atoms with Gasteiger partial charge in [-0.05, 0) is 42.0 Å². The zero-order valence-corrected chi connectivity index (χ0v) is 19.7. The summed E-state index contributed by atoms with van der Waals surface area (Å²) in [6.45, 7) is -0.00484. The molecule has 33 heavy (non-hydrogen) atoms. The van der Waals surface area contributed by atoms with Crippen LogP contribution in [0.4, 0.5) is 5.69 Å². The van der Waals surface area contributed by atoms with Crippen LogP contribution in [0.15, 0.2) is 46.8 Å². The van der Waals surface area contributed by atoms with Gasteiger partial charge in [0.2, 0.25) is 15.8 Å². The molecule has 1 aliphatic rings. The SMILES string of the molecule is COc1cc(CNS(=O)(=O)c2ccc3c(c2)/C(=C\c2nccs2)C(=O)N3)cc(OC)c1OC. The number of benzene rings is 2. The molecule has 1 aromatic heterocycles. The standard InChI is InChI=1S/C22H21N3O6S2/c1-29-18-8-13(9-19(30-2)21(18)31-3)12-24-33(27,28)14-4-5-17-15(10-14)16(22(26)25-17)11-20-23-6-7-32-20/h4-11,24H,12H2,1-3H3,(H,25,26)/b16-11+. The predicted molar refractivity (Wildman–Crippen MR) is 125 cm³/mol. The van der Waals surface area contributed by atoms with E-state index in [1.165, 1.54) is 44.8 Å². The van der Waals surface area contributed by atoms with E-state index < -0.39 is 10.0 Å². The number of hydrogen-bond acceptors (Lipinski definition) is 8. The first-order valence-corrected chi connectivity index (χ1v) is 12.1. The highest BCUT2D eigenvalue weighted by atomic mass is 32.2. The van der Waals surface area contributed by atoms with Crippen molar-refractivity contribution >= 4 is 44.6 Å². The number of methoxy groups -OCH3 is 3. The molecule has 0 radical (unpaired) electrons. The molecule has 172 valence electrons. The van der Waals surface area contributed by atoms with Crippen LogP contribution in [0.1, 0.15) is 16.1 Å². The third kappa shape index (κ3) is 4.56. The molecule has 1 aliphatic heterocycles. The molecule has 2 aromatic carbocycles. The second-order valence-corrected chi connectivity index (χ2v) is 9.64. The van der Waals surface area contributed by atoms with E-state index in [9.17, 15) is 13.2 Å². The Bertz CT molecular complexity index is 1310. The lowest BCUT2D eigenvalue weighted by atomic mass is 10.1. The van der Waals surface area contributed by atoms with Gasteiger partial charge < -0.3 is 19.5 Å². The minimum absolute atomic E-state index is 0.00484. The fraction of sp³-hybridized carbons (Fsp3) is 0.182. The van der Waals surface area contributed by atoms with E-state index in [4.69, 9.17) is 14.2 Å². The van der Waals surface area contributed by atoms with Crippen LogP contribution in [-0.2, 0) is 21.4 Å². The number of thiazole rings is 1. The van der Waals surface area contributed by atoms with Gasteiger partial charge >= 0.3 is 0 Å². The fourth-order valence-electron chi connectivity index (χ4n) is 3.41. The zero-order valence-electron chi connectivity index (χ0n) is 18.0. The Morgan fingerprint density at radius 1 is 1.09 bits per heavy atom. The summed E-state index contributed by atoms with van der Waals surface area (Å²) in [5, 5.41) is 5.20. The lowest BCUT2D eigenvalue weighted by molar-refractivity contribution is -0.110. The van der Waals surface area contributed by atoms with Gasteiger partial charge in [0.15, 0.2) is 11.5 Å². The topological polar surface area (TPSA) is 116 Å². The van der Waals surface area contributed by atoms with Crippen LogP contribution in [-0.4, -0.2) is 40.6 Å². The van der Waals surface area contributed by atoms with Crippen molar-refractivity contribution < 1.29 is 27.4 Å². The number of aromatic nitrogens is 1. The van der Waals surface area contributed by atoms with Gasteiger partial charge in [-0.25, -0.2) is 18.1 Å². The summed E-state index contributed by atoms with van der Waals surface area (Å²) in [5.74, 6) is 0.956. The number of ether oxygens (including phenoxy) is 3. The number of nitrogens with one attached hydrogen (secondary N) is 2. The van der Waals surface area contributed by atoms with Crippen LogP contribution in [0.2, 0.25) is 0 Å². The molecule has 2 heterocycles. The number of rotatable bonds is 8. The molecule has 0 fully saturated rings. The molecular formula is C22H21N3O6S2. The maximum Gasteiger partial charge on any atom is 0.256 e. The molecule has 1 amide bonds. The van der Waals surface area contributed by atoms with Crippen LogP contribution < -0.4 is 24.2 Å². The molecule has 0 saturated carbocycles. The molecule has 0 saturated heterocycles. The van der Waals surface area contributed by atoms with Gasteiger partial charge in [-0.2, -0.15) is 0 Å². The molecule has 0 atom stereocenters. The Balaban J connectivity index is 1.61. The van der Waals surface area contributed by atoms with Crippen LogP contribution in [0.3, 0.4) is 0 Å². The minimum Gasteiger partial charge on any atom is -0.493 e. The van der Waals surface area contributed by atoms with Crippen molar-refractivity contribution in [2.24, 2.45) is 0 Å². The summed E-state index contributed by atoms with van der Waals surface area (Å²) in [6, 6.07) is 7.84. The summed E-state index contributed by atoms with van der Waals surface area (Å²) in [5.41, 5.74) is 2.04. The van der Waals surface area contributed by atoms with Crippen molar-refractivity contribution in [2.75, 3.05) is 26.6 Å². The van der Waals surface area contributed by atoms with Crippen molar-refractivity contribution in [3.05, 3.63) is 58.0 Å². The Morgan fingerprint density at radius 2 is 1.82 bits per heavy atom. The van der Waals surface area contributed by atoms with Crippen molar-refractivity contribution in [2.45, 2.75) is 11.4 Å². The number of fused-ring (bicyclic) bond motifs is 1. The van der Waals surface area contributed by atoms with E-state index in [1.54, 1.807) is 35.9 Å². The second-order valence-electron chi connectivity index (χ2n) is 6.95. The average Bonchev–Trinajstić information content (AvgIpc) is 3.44. The Labute approximate surface area is 195 Å². The highest BCUT2D eigenvalue weighted by Gasteiger charge is 2.27. The van der Waals surface area contributed by atoms with E-state index in [0.717, 1.165) is 0 Å². The first kappa shape index (κ1) is 22.8. The van der Waals surface area contributed by atoms with Gasteiger partial charge in [0.25, 0.3) is 5.91 Å². The number of carbonyl (C=O) groups is 1. The van der Waals surface area contributed by atoms with Gasteiger partial charge in [-0.1, -0.05) is 0 Å². The summed E-state index contributed by atoms with van der Waals surface area (Å²) >= 11 is 1.38. The lowest BCUT2D eigenvalue weighted by Gasteiger charge is -2.14. The Morgan fingerprint density at radius 3 is 2.42 bits per heavy atom. The summed E-state index contributed by atoms with van der Waals surface area (Å²) in [7, 11) is 0.590. The molecule has 9 nitrogen and oxygen atoms in total. The molecular weight excluding hydrogens is 466 g/mol. The van der Waals surface area contributed by atoms with E-state index in [2.05, 4.69) is 15.0 Å². The second kappa shape index (κ2) is 9.22. The van der Waals surface area contributed by atoms with E-state index in [1.807, 2.05) is 0 Å². The number of carbonyl (C=O) groups excluding carboxylic acids is 1. The molecule has 0 bridgehead atoms. The molecule has 0 spiro atoms. The van der Waals surface area contributed by atoms with Crippen LogP contribution >= 0.6 is 11.3 Å². The van der Waals surface area contributed by atoms with E-state index >= 15 is 0 Å². The van der Waals surface area contributed by atoms with Crippen molar-refractivity contribution in [1.82, 2.24) is 9.71 Å². The maximum absolute atomic E-state index is 13.0. The third-order valence-corrected chi connectivity index (χ3v) is 7.12. The van der Waals surface area contributed by atoms with Gasteiger partial charge in [-0.3, -0.25) is 4.79 Å². The highest BCUT2D eigenvalue weighted by molar-refractivity contribution is 7.89. The number of amides is 1. The summed E-state index contributed by atoms with van der Waals surface area (Å²) in [6.07, 6.45) is 3.28. The van der Waals surface area contributed by atoms with Crippen molar-refractivity contribution in [3.63, 3.8) is 0 Å². The van der Waals surface area contributed by atoms with Crippen LogP contribution in [0.5, 0.6) is 17.2 Å². The number of nitrogens with zero attached hydrogens (tertiary/aromatic N) is 1. The average molecular weight is 488 g/mol. The van der Waals surface area contributed by atoms with Crippen LogP contribution in [0, 0.1) is 0 Å². The van der Waals surface area contributed by atoms with E-state index in [0.29, 0.717) is 44.6 Å². The molecule has 0 unspecified atom stereocenters. The van der Waals surface area contributed by atoms with Gasteiger partial charge in [0.1, 0.15) is 5.01 Å². The number of sulfonamides is 1. The van der Waals surface area contributed by atoms with Gasteiger partial charge in [0, 0.05) is 29.4 Å². The maximum atomic E-state index is 13.0. The Hall–Kier alpha value is -3.41. The minimum atomic E-state index is -3.88. The normalized spacial score (nSPS) is 14.2. The number of anilines is 1. The lowest BCUT2D eigenvalue weighted by Crippen LogP contribution is -2.23. The Kier molecular flexibility index (Phi) is 6.36. The van der Waals surface area contributed by atoms with E-state index in [-0.39, 0.29) is 17.3 Å². The number of hydrogen-bond donors (Lipinski definition) is 2. The highest BCUT2D eigenvalue weighted by Crippen LogP contribution is 2.38. The largest absolute Gasteiger partial charge is 0.493 e. The zero-order chi connectivity index (χ0) is 23.6. The summed E-state index contributed by atoms with van der Waals surface area (Å²) < 4.78 is 44.5. The first-order valence-electron chi connectivity index (χ1n) is 9.71. The smallest absolute Gasteiger partial charge is 0.256 e. The monoisotopic (exact) mass is 487 g/mol. The molecule has 4 rings (SSSR count). The van der Waals surface area contributed by atoms with Gasteiger partial charge in [-0.15, -0.1) is 11.3 Å². The fourth-order valence-corrected chi connectivity index (χ4v) is 5.02. The molecule has 11 heteroatoms. The van der Waals surface area contributed by atoms with Crippen molar-refractivity contribution in [1.29, 1.82) is 0 Å². The van der Waals surface area contributed by atoms with Gasteiger partial charge in [0.05, 0.1) is 31.8 Å². The predicted octanol–water partition coefficient (Wildman–Crippen LogP) is 3.14. The molecule has 3 aromatic rings. The molecule has 0 aliphatic carbocycles.